The SMILES string of the molecule is O=Cc1cn(Cc2cccc(F)c2)nc1-c1ccc(Br)o1. The second kappa shape index (κ2) is 5.65. The van der Waals surface area contributed by atoms with Gasteiger partial charge in [-0.05, 0) is 45.8 Å². The van der Waals surface area contributed by atoms with Crippen LogP contribution in [0.25, 0.3) is 11.5 Å². The molecule has 0 saturated heterocycles. The van der Waals surface area contributed by atoms with E-state index in [1.807, 2.05) is 0 Å². The van der Waals surface area contributed by atoms with Crippen LogP contribution in [-0.4, -0.2) is 16.1 Å². The van der Waals surface area contributed by atoms with Crippen LogP contribution in [0.3, 0.4) is 0 Å². The quantitative estimate of drug-likeness (QED) is 0.671. The van der Waals surface area contributed by atoms with Crippen molar-refractivity contribution in [2.45, 2.75) is 6.54 Å². The van der Waals surface area contributed by atoms with Crippen molar-refractivity contribution in [1.29, 1.82) is 0 Å². The van der Waals surface area contributed by atoms with E-state index in [0.29, 0.717) is 28.2 Å². The first-order chi connectivity index (χ1) is 10.2. The van der Waals surface area contributed by atoms with Gasteiger partial charge in [0.05, 0.1) is 12.1 Å². The molecule has 4 nitrogen and oxygen atoms in total. The summed E-state index contributed by atoms with van der Waals surface area (Å²) in [4.78, 5) is 11.2. The van der Waals surface area contributed by atoms with Crippen LogP contribution in [0.5, 0.6) is 0 Å². The predicted octanol–water partition coefficient (Wildman–Crippen LogP) is 3.91. The van der Waals surface area contributed by atoms with Crippen molar-refractivity contribution in [1.82, 2.24) is 9.78 Å². The van der Waals surface area contributed by atoms with Crippen LogP contribution < -0.4 is 0 Å². The minimum absolute atomic E-state index is 0.301. The van der Waals surface area contributed by atoms with Gasteiger partial charge in [-0.25, -0.2) is 4.39 Å². The van der Waals surface area contributed by atoms with E-state index in [2.05, 4.69) is 21.0 Å². The Labute approximate surface area is 128 Å². The van der Waals surface area contributed by atoms with E-state index < -0.39 is 0 Å². The van der Waals surface area contributed by atoms with Crippen molar-refractivity contribution in [2.24, 2.45) is 0 Å². The fraction of sp³-hybridized carbons (Fsp3) is 0.0667. The van der Waals surface area contributed by atoms with E-state index >= 15 is 0 Å². The Morgan fingerprint density at radius 3 is 2.86 bits per heavy atom. The lowest BCUT2D eigenvalue weighted by Crippen LogP contribution is -2.00. The number of aldehydes is 1. The van der Waals surface area contributed by atoms with Crippen molar-refractivity contribution in [3.05, 3.63) is 64.2 Å². The highest BCUT2D eigenvalue weighted by Crippen LogP contribution is 2.26. The number of nitrogens with zero attached hydrogens (tertiary/aromatic N) is 2. The molecule has 0 aliphatic carbocycles. The first-order valence-electron chi connectivity index (χ1n) is 6.18. The molecule has 0 aliphatic rings. The molecule has 0 bridgehead atoms. The highest BCUT2D eigenvalue weighted by molar-refractivity contribution is 9.10. The number of furan rings is 1. The van der Waals surface area contributed by atoms with Crippen LogP contribution in [0.15, 0.2) is 51.7 Å². The molecule has 21 heavy (non-hydrogen) atoms. The van der Waals surface area contributed by atoms with Gasteiger partial charge in [0.1, 0.15) is 11.5 Å². The molecule has 6 heteroatoms. The maximum Gasteiger partial charge on any atom is 0.169 e. The Bertz CT molecular complexity index is 795. The predicted molar refractivity (Wildman–Crippen MR) is 78.5 cm³/mol. The molecule has 3 aromatic rings. The summed E-state index contributed by atoms with van der Waals surface area (Å²) in [7, 11) is 0. The van der Waals surface area contributed by atoms with E-state index in [0.717, 1.165) is 11.8 Å². The van der Waals surface area contributed by atoms with E-state index in [1.165, 1.54) is 12.1 Å². The lowest BCUT2D eigenvalue weighted by atomic mass is 10.2. The molecule has 3 rings (SSSR count). The molecule has 0 fully saturated rings. The molecule has 0 atom stereocenters. The van der Waals surface area contributed by atoms with Crippen LogP contribution >= 0.6 is 15.9 Å². The smallest absolute Gasteiger partial charge is 0.169 e. The fourth-order valence-electron chi connectivity index (χ4n) is 2.06. The number of carbonyl (C=O) groups excluding carboxylic acids is 1. The number of hydrogen-bond donors (Lipinski definition) is 0. The number of aromatic nitrogens is 2. The molecule has 0 spiro atoms. The van der Waals surface area contributed by atoms with Gasteiger partial charge in [-0.3, -0.25) is 9.48 Å². The minimum atomic E-state index is -0.301. The standard InChI is InChI=1S/C15H10BrFN2O2/c16-14-5-4-13(21-14)15-11(9-20)8-19(18-15)7-10-2-1-3-12(17)6-10/h1-6,8-9H,7H2. The van der Waals surface area contributed by atoms with Crippen LogP contribution in [-0.2, 0) is 6.54 Å². The Morgan fingerprint density at radius 1 is 1.33 bits per heavy atom. The Balaban J connectivity index is 1.94. The fourth-order valence-corrected chi connectivity index (χ4v) is 2.37. The number of rotatable bonds is 4. The first-order valence-corrected chi connectivity index (χ1v) is 6.98. The summed E-state index contributed by atoms with van der Waals surface area (Å²) in [5, 5.41) is 4.34. The van der Waals surface area contributed by atoms with Crippen LogP contribution in [0.4, 0.5) is 4.39 Å². The van der Waals surface area contributed by atoms with E-state index in [9.17, 15) is 9.18 Å². The van der Waals surface area contributed by atoms with Gasteiger partial charge >= 0.3 is 0 Å². The molecule has 106 valence electrons. The van der Waals surface area contributed by atoms with Crippen LogP contribution in [0, 0.1) is 5.82 Å². The van der Waals surface area contributed by atoms with Crippen molar-refractivity contribution >= 4 is 22.2 Å². The summed E-state index contributed by atoms with van der Waals surface area (Å²) < 4.78 is 20.8. The van der Waals surface area contributed by atoms with Crippen LogP contribution in [0.1, 0.15) is 15.9 Å². The van der Waals surface area contributed by atoms with Crippen molar-refractivity contribution in [3.8, 4) is 11.5 Å². The highest BCUT2D eigenvalue weighted by Gasteiger charge is 2.14. The zero-order chi connectivity index (χ0) is 14.8. The molecular formula is C15H10BrFN2O2. The molecule has 2 aromatic heterocycles. The summed E-state index contributed by atoms with van der Waals surface area (Å²) in [6, 6.07) is 9.72. The van der Waals surface area contributed by atoms with Gasteiger partial charge in [-0.1, -0.05) is 12.1 Å². The summed E-state index contributed by atoms with van der Waals surface area (Å²) in [5.74, 6) is 0.201. The van der Waals surface area contributed by atoms with Gasteiger partial charge in [0.15, 0.2) is 16.7 Å². The van der Waals surface area contributed by atoms with Gasteiger partial charge in [-0.2, -0.15) is 5.10 Å². The third-order valence-electron chi connectivity index (χ3n) is 2.96. The normalized spacial score (nSPS) is 10.8. The maximum atomic E-state index is 13.2. The van der Waals surface area contributed by atoms with Gasteiger partial charge < -0.3 is 4.42 Å². The summed E-state index contributed by atoms with van der Waals surface area (Å²) >= 11 is 3.21. The monoisotopic (exact) mass is 348 g/mol. The second-order valence-electron chi connectivity index (χ2n) is 4.48. The van der Waals surface area contributed by atoms with Crippen molar-refractivity contribution < 1.29 is 13.6 Å². The molecule has 0 saturated carbocycles. The molecule has 0 N–H and O–H groups in total. The Morgan fingerprint density at radius 2 is 2.19 bits per heavy atom. The Kier molecular flexibility index (Phi) is 3.70. The Hall–Kier alpha value is -2.21. The third-order valence-corrected chi connectivity index (χ3v) is 3.38. The average Bonchev–Trinajstić information content (AvgIpc) is 3.05. The lowest BCUT2D eigenvalue weighted by molar-refractivity contribution is 0.112. The summed E-state index contributed by atoms with van der Waals surface area (Å²) in [5.41, 5.74) is 1.66. The molecule has 0 radical (unpaired) electrons. The van der Waals surface area contributed by atoms with Crippen molar-refractivity contribution in [3.63, 3.8) is 0 Å². The van der Waals surface area contributed by atoms with Gasteiger partial charge in [0, 0.05) is 6.20 Å². The molecule has 0 unspecified atom stereocenters. The minimum Gasteiger partial charge on any atom is -0.448 e. The summed E-state index contributed by atoms with van der Waals surface area (Å²) in [6.45, 7) is 0.375. The third kappa shape index (κ3) is 2.95. The van der Waals surface area contributed by atoms with Gasteiger partial charge in [-0.15, -0.1) is 0 Å². The van der Waals surface area contributed by atoms with E-state index in [4.69, 9.17) is 4.42 Å². The van der Waals surface area contributed by atoms with Crippen LogP contribution in [0.2, 0.25) is 0 Å². The largest absolute Gasteiger partial charge is 0.448 e. The van der Waals surface area contributed by atoms with E-state index in [1.54, 1.807) is 35.1 Å². The molecule has 0 aliphatic heterocycles. The molecule has 0 amide bonds. The van der Waals surface area contributed by atoms with Gasteiger partial charge in [0.25, 0.3) is 0 Å². The number of carbonyl (C=O) groups is 1. The summed E-state index contributed by atoms with van der Waals surface area (Å²) in [6.07, 6.45) is 2.34. The molecule has 1 aromatic carbocycles. The maximum absolute atomic E-state index is 13.2. The molecular weight excluding hydrogens is 339 g/mol. The topological polar surface area (TPSA) is 48.0 Å². The first kappa shape index (κ1) is 13.8. The number of benzene rings is 1. The molecule has 2 heterocycles. The average molecular weight is 349 g/mol. The zero-order valence-electron chi connectivity index (χ0n) is 10.8. The number of hydrogen-bond acceptors (Lipinski definition) is 3. The lowest BCUT2D eigenvalue weighted by Gasteiger charge is -2.01. The van der Waals surface area contributed by atoms with Gasteiger partial charge in [0.2, 0.25) is 0 Å². The number of halogens is 2. The van der Waals surface area contributed by atoms with Crippen molar-refractivity contribution in [2.75, 3.05) is 0 Å². The highest BCUT2D eigenvalue weighted by atomic mass is 79.9. The zero-order valence-corrected chi connectivity index (χ0v) is 12.4. The second-order valence-corrected chi connectivity index (χ2v) is 5.26. The van der Waals surface area contributed by atoms with E-state index in [-0.39, 0.29) is 5.82 Å².